The van der Waals surface area contributed by atoms with Crippen molar-refractivity contribution in [1.29, 1.82) is 0 Å². The van der Waals surface area contributed by atoms with Crippen LogP contribution in [0.3, 0.4) is 0 Å². The van der Waals surface area contributed by atoms with Gasteiger partial charge < -0.3 is 0 Å². The first kappa shape index (κ1) is 8.80. The normalized spacial score (nSPS) is 28.7. The van der Waals surface area contributed by atoms with Gasteiger partial charge in [-0.25, -0.2) is 0 Å². The summed E-state index contributed by atoms with van der Waals surface area (Å²) < 4.78 is 0. The molecule has 0 amide bonds. The fraction of sp³-hybridized carbons (Fsp3) is 0.538. The second kappa shape index (κ2) is 3.95. The standard InChI is InChI=1S/C13H18/c1-11-7-5-6-10-13(11)12-8-3-2-4-9-12/h2-4,8-9,11,13H,5-7,10H2,1H3/t11-,13?/m1/s1. The molecule has 70 valence electrons. The maximum Gasteiger partial charge on any atom is -0.0136 e. The van der Waals surface area contributed by atoms with E-state index in [9.17, 15) is 0 Å². The molecule has 0 nitrogen and oxygen atoms in total. The van der Waals surface area contributed by atoms with Crippen LogP contribution in [-0.2, 0) is 0 Å². The fourth-order valence-corrected chi connectivity index (χ4v) is 2.51. The zero-order valence-corrected chi connectivity index (χ0v) is 8.37. The van der Waals surface area contributed by atoms with Gasteiger partial charge in [0, 0.05) is 0 Å². The number of benzene rings is 1. The highest BCUT2D eigenvalue weighted by Gasteiger charge is 2.22. The Balaban J connectivity index is 2.15. The lowest BCUT2D eigenvalue weighted by molar-refractivity contribution is 0.330. The summed E-state index contributed by atoms with van der Waals surface area (Å²) in [5, 5.41) is 0. The van der Waals surface area contributed by atoms with Crippen LogP contribution in [0.4, 0.5) is 0 Å². The molecular formula is C13H18. The summed E-state index contributed by atoms with van der Waals surface area (Å²) in [6.07, 6.45) is 5.67. The van der Waals surface area contributed by atoms with Crippen LogP contribution in [0, 0.1) is 5.92 Å². The van der Waals surface area contributed by atoms with Gasteiger partial charge in [0.15, 0.2) is 0 Å². The molecule has 0 N–H and O–H groups in total. The van der Waals surface area contributed by atoms with Crippen LogP contribution in [0.15, 0.2) is 30.3 Å². The molecule has 1 fully saturated rings. The van der Waals surface area contributed by atoms with Crippen molar-refractivity contribution in [3.63, 3.8) is 0 Å². The maximum atomic E-state index is 2.40. The van der Waals surface area contributed by atoms with E-state index in [4.69, 9.17) is 0 Å². The molecule has 13 heavy (non-hydrogen) atoms. The Morgan fingerprint density at radius 2 is 1.69 bits per heavy atom. The van der Waals surface area contributed by atoms with Gasteiger partial charge in [-0.15, -0.1) is 0 Å². The molecule has 2 rings (SSSR count). The SMILES string of the molecule is C[C@@H]1CCCCC1c1ccccc1. The summed E-state index contributed by atoms with van der Waals surface area (Å²) in [5.41, 5.74) is 1.55. The predicted molar refractivity (Wildman–Crippen MR) is 56.8 cm³/mol. The minimum atomic E-state index is 0.829. The van der Waals surface area contributed by atoms with Gasteiger partial charge in [0.25, 0.3) is 0 Å². The van der Waals surface area contributed by atoms with Gasteiger partial charge in [-0.2, -0.15) is 0 Å². The first-order valence-corrected chi connectivity index (χ1v) is 5.43. The minimum absolute atomic E-state index is 0.829. The molecule has 0 saturated heterocycles. The second-order valence-corrected chi connectivity index (χ2v) is 4.28. The summed E-state index contributed by atoms with van der Waals surface area (Å²) in [6, 6.07) is 11.0. The van der Waals surface area contributed by atoms with Gasteiger partial charge in [-0.1, -0.05) is 56.5 Å². The molecule has 0 spiro atoms. The molecular weight excluding hydrogens is 156 g/mol. The Bertz CT molecular complexity index is 250. The van der Waals surface area contributed by atoms with Gasteiger partial charge in [-0.05, 0) is 23.8 Å². The predicted octanol–water partition coefficient (Wildman–Crippen LogP) is 3.98. The van der Waals surface area contributed by atoms with Gasteiger partial charge in [0.2, 0.25) is 0 Å². The van der Waals surface area contributed by atoms with E-state index in [1.54, 1.807) is 5.56 Å². The van der Waals surface area contributed by atoms with Crippen molar-refractivity contribution in [2.45, 2.75) is 38.5 Å². The van der Waals surface area contributed by atoms with E-state index >= 15 is 0 Å². The lowest BCUT2D eigenvalue weighted by atomic mass is 9.76. The quantitative estimate of drug-likeness (QED) is 0.604. The Hall–Kier alpha value is -0.780. The van der Waals surface area contributed by atoms with Crippen LogP contribution in [-0.4, -0.2) is 0 Å². The third-order valence-electron chi connectivity index (χ3n) is 3.34. The van der Waals surface area contributed by atoms with Gasteiger partial charge in [-0.3, -0.25) is 0 Å². The zero-order chi connectivity index (χ0) is 9.10. The van der Waals surface area contributed by atoms with Crippen molar-refractivity contribution in [2.75, 3.05) is 0 Å². The zero-order valence-electron chi connectivity index (χ0n) is 8.37. The average Bonchev–Trinajstić information content (AvgIpc) is 2.20. The largest absolute Gasteiger partial charge is 0.0622 e. The third kappa shape index (κ3) is 1.93. The molecule has 0 heterocycles. The van der Waals surface area contributed by atoms with E-state index in [0.717, 1.165) is 11.8 Å². The van der Waals surface area contributed by atoms with Crippen LogP contribution in [0.25, 0.3) is 0 Å². The van der Waals surface area contributed by atoms with Crippen molar-refractivity contribution >= 4 is 0 Å². The minimum Gasteiger partial charge on any atom is -0.0622 e. The van der Waals surface area contributed by atoms with E-state index < -0.39 is 0 Å². The third-order valence-corrected chi connectivity index (χ3v) is 3.34. The molecule has 0 radical (unpaired) electrons. The monoisotopic (exact) mass is 174 g/mol. The van der Waals surface area contributed by atoms with Crippen molar-refractivity contribution in [1.82, 2.24) is 0 Å². The summed E-state index contributed by atoms with van der Waals surface area (Å²) >= 11 is 0. The van der Waals surface area contributed by atoms with E-state index in [1.165, 1.54) is 25.7 Å². The molecule has 1 saturated carbocycles. The highest BCUT2D eigenvalue weighted by Crippen LogP contribution is 2.36. The van der Waals surface area contributed by atoms with Gasteiger partial charge in [0.05, 0.1) is 0 Å². The van der Waals surface area contributed by atoms with Crippen LogP contribution < -0.4 is 0 Å². The average molecular weight is 174 g/mol. The molecule has 1 aromatic carbocycles. The maximum absolute atomic E-state index is 2.40. The first-order chi connectivity index (χ1) is 6.38. The summed E-state index contributed by atoms with van der Waals surface area (Å²) in [4.78, 5) is 0. The lowest BCUT2D eigenvalue weighted by Gasteiger charge is -2.29. The molecule has 0 heteroatoms. The number of hydrogen-bond acceptors (Lipinski definition) is 0. The molecule has 1 aromatic rings. The second-order valence-electron chi connectivity index (χ2n) is 4.28. The molecule has 0 bridgehead atoms. The van der Waals surface area contributed by atoms with E-state index in [0.29, 0.717) is 0 Å². The molecule has 1 aliphatic carbocycles. The molecule has 0 aromatic heterocycles. The van der Waals surface area contributed by atoms with Crippen LogP contribution >= 0.6 is 0 Å². The smallest absolute Gasteiger partial charge is 0.0136 e. The number of rotatable bonds is 1. The molecule has 0 aliphatic heterocycles. The summed E-state index contributed by atoms with van der Waals surface area (Å²) in [5.74, 6) is 1.71. The Morgan fingerprint density at radius 1 is 1.00 bits per heavy atom. The van der Waals surface area contributed by atoms with Gasteiger partial charge in [0.1, 0.15) is 0 Å². The van der Waals surface area contributed by atoms with Crippen LogP contribution in [0.1, 0.15) is 44.1 Å². The Kier molecular flexibility index (Phi) is 2.68. The van der Waals surface area contributed by atoms with Crippen molar-refractivity contribution in [3.05, 3.63) is 35.9 Å². The van der Waals surface area contributed by atoms with E-state index in [1.807, 2.05) is 0 Å². The van der Waals surface area contributed by atoms with E-state index in [2.05, 4.69) is 37.3 Å². The topological polar surface area (TPSA) is 0 Å². The lowest BCUT2D eigenvalue weighted by Crippen LogP contribution is -2.14. The highest BCUT2D eigenvalue weighted by atomic mass is 14.3. The first-order valence-electron chi connectivity index (χ1n) is 5.43. The summed E-state index contributed by atoms with van der Waals surface area (Å²) in [6.45, 7) is 2.40. The van der Waals surface area contributed by atoms with Crippen molar-refractivity contribution in [2.24, 2.45) is 5.92 Å². The molecule has 1 unspecified atom stereocenters. The van der Waals surface area contributed by atoms with Crippen LogP contribution in [0.5, 0.6) is 0 Å². The van der Waals surface area contributed by atoms with Crippen LogP contribution in [0.2, 0.25) is 0 Å². The van der Waals surface area contributed by atoms with Gasteiger partial charge >= 0.3 is 0 Å². The summed E-state index contributed by atoms with van der Waals surface area (Å²) in [7, 11) is 0. The van der Waals surface area contributed by atoms with E-state index in [-0.39, 0.29) is 0 Å². The van der Waals surface area contributed by atoms with Crippen molar-refractivity contribution in [3.8, 4) is 0 Å². The number of hydrogen-bond donors (Lipinski definition) is 0. The fourth-order valence-electron chi connectivity index (χ4n) is 2.51. The molecule has 2 atom stereocenters. The molecule has 1 aliphatic rings. The highest BCUT2D eigenvalue weighted by molar-refractivity contribution is 5.20. The Labute approximate surface area is 81.0 Å². The Morgan fingerprint density at radius 3 is 2.38 bits per heavy atom. The van der Waals surface area contributed by atoms with Crippen molar-refractivity contribution < 1.29 is 0 Å².